The molecule has 2 rings (SSSR count). The van der Waals surface area contributed by atoms with Crippen molar-refractivity contribution in [2.24, 2.45) is 0 Å². The van der Waals surface area contributed by atoms with Crippen LogP contribution >= 0.6 is 0 Å². The molecule has 1 N–H and O–H groups in total. The fraction of sp³-hybridized carbons (Fsp3) is 0.867. The number of nitrogens with zero attached hydrogens (tertiary/aromatic N) is 1. The van der Waals surface area contributed by atoms with Crippen molar-refractivity contribution in [3.8, 4) is 0 Å². The minimum absolute atomic E-state index is 0.000376. The lowest BCUT2D eigenvalue weighted by Crippen LogP contribution is -2.69. The van der Waals surface area contributed by atoms with Crippen LogP contribution in [0.15, 0.2) is 0 Å². The van der Waals surface area contributed by atoms with Crippen LogP contribution in [0.4, 0.5) is 0 Å². The van der Waals surface area contributed by atoms with Gasteiger partial charge in [0.1, 0.15) is 11.6 Å². The van der Waals surface area contributed by atoms with Crippen molar-refractivity contribution in [2.45, 2.75) is 77.2 Å². The zero-order valence-corrected chi connectivity index (χ0v) is 13.2. The molecule has 114 valence electrons. The number of piperazine rings is 1. The summed E-state index contributed by atoms with van der Waals surface area (Å²) in [5.41, 5.74) is -0.902. The minimum atomic E-state index is -0.780. The third kappa shape index (κ3) is 2.68. The number of carbonyl (C=O) groups is 2. The van der Waals surface area contributed by atoms with Gasteiger partial charge >= 0.3 is 0 Å². The van der Waals surface area contributed by atoms with E-state index in [0.29, 0.717) is 13.0 Å². The van der Waals surface area contributed by atoms with Gasteiger partial charge in [-0.2, -0.15) is 0 Å². The molecule has 20 heavy (non-hydrogen) atoms. The normalized spacial score (nSPS) is 37.1. The van der Waals surface area contributed by atoms with Gasteiger partial charge in [-0.15, -0.1) is 0 Å². The summed E-state index contributed by atoms with van der Waals surface area (Å²) >= 11 is 0. The molecule has 3 unspecified atom stereocenters. The predicted molar refractivity (Wildman–Crippen MR) is 76.2 cm³/mol. The molecular weight excluding hydrogens is 256 g/mol. The largest absolute Gasteiger partial charge is 0.371 e. The molecular formula is C15H26N2O3. The summed E-state index contributed by atoms with van der Waals surface area (Å²) in [5, 5.41) is 2.84. The van der Waals surface area contributed by atoms with Crippen LogP contribution in [0.25, 0.3) is 0 Å². The maximum Gasteiger partial charge on any atom is 0.248 e. The zero-order valence-electron chi connectivity index (χ0n) is 13.2. The number of amides is 2. The summed E-state index contributed by atoms with van der Waals surface area (Å²) in [7, 11) is 0. The van der Waals surface area contributed by atoms with Gasteiger partial charge in [0.05, 0.1) is 11.7 Å². The summed E-state index contributed by atoms with van der Waals surface area (Å²) < 4.78 is 5.96. The maximum atomic E-state index is 12.6. The monoisotopic (exact) mass is 282 g/mol. The average molecular weight is 282 g/mol. The fourth-order valence-corrected chi connectivity index (χ4v) is 2.97. The average Bonchev–Trinajstić information content (AvgIpc) is 2.72. The summed E-state index contributed by atoms with van der Waals surface area (Å²) in [5.74, 6) is -0.0772. The topological polar surface area (TPSA) is 58.6 Å². The van der Waals surface area contributed by atoms with Crippen molar-refractivity contribution in [3.05, 3.63) is 0 Å². The van der Waals surface area contributed by atoms with Crippen molar-refractivity contribution >= 4 is 11.8 Å². The first-order valence-corrected chi connectivity index (χ1v) is 7.49. The molecule has 0 saturated carbocycles. The molecule has 0 radical (unpaired) electrons. The first-order valence-electron chi connectivity index (χ1n) is 7.49. The van der Waals surface area contributed by atoms with Gasteiger partial charge in [-0.3, -0.25) is 9.59 Å². The summed E-state index contributed by atoms with van der Waals surface area (Å²) in [6.45, 7) is 10.1. The van der Waals surface area contributed by atoms with Crippen LogP contribution in [0, 0.1) is 0 Å². The maximum absolute atomic E-state index is 12.6. The van der Waals surface area contributed by atoms with E-state index in [1.807, 2.05) is 6.92 Å². The van der Waals surface area contributed by atoms with E-state index in [1.165, 1.54) is 0 Å². The van der Waals surface area contributed by atoms with Crippen LogP contribution in [-0.2, 0) is 14.3 Å². The highest BCUT2D eigenvalue weighted by atomic mass is 16.5. The molecule has 0 spiro atoms. The van der Waals surface area contributed by atoms with E-state index in [-0.39, 0.29) is 23.5 Å². The van der Waals surface area contributed by atoms with E-state index < -0.39 is 11.6 Å². The van der Waals surface area contributed by atoms with Crippen LogP contribution in [-0.4, -0.2) is 46.5 Å². The van der Waals surface area contributed by atoms with Crippen LogP contribution < -0.4 is 5.32 Å². The Morgan fingerprint density at radius 1 is 1.35 bits per heavy atom. The second kappa shape index (κ2) is 5.02. The van der Waals surface area contributed by atoms with Crippen molar-refractivity contribution in [1.82, 2.24) is 10.2 Å². The lowest BCUT2D eigenvalue weighted by molar-refractivity contribution is -0.156. The van der Waals surface area contributed by atoms with Gasteiger partial charge in [-0.25, -0.2) is 0 Å². The Labute approximate surface area is 121 Å². The van der Waals surface area contributed by atoms with E-state index in [4.69, 9.17) is 4.74 Å². The van der Waals surface area contributed by atoms with Crippen molar-refractivity contribution in [3.63, 3.8) is 0 Å². The van der Waals surface area contributed by atoms with E-state index >= 15 is 0 Å². The molecule has 3 atom stereocenters. The number of hydrogen-bond donors (Lipinski definition) is 1. The SMILES string of the molecule is CCC1(C)NC(=O)C(C)N(CC2CCC(C)(C)O2)C1=O. The zero-order chi connectivity index (χ0) is 15.1. The number of nitrogens with one attached hydrogen (secondary N) is 1. The van der Waals surface area contributed by atoms with Crippen LogP contribution in [0.3, 0.4) is 0 Å². The summed E-state index contributed by atoms with van der Waals surface area (Å²) in [4.78, 5) is 26.4. The first-order chi connectivity index (χ1) is 9.18. The van der Waals surface area contributed by atoms with Gasteiger partial charge in [0.15, 0.2) is 0 Å². The molecule has 2 amide bonds. The molecule has 2 heterocycles. The van der Waals surface area contributed by atoms with Crippen molar-refractivity contribution in [2.75, 3.05) is 6.54 Å². The predicted octanol–water partition coefficient (Wildman–Crippen LogP) is 1.46. The van der Waals surface area contributed by atoms with Crippen molar-refractivity contribution in [1.29, 1.82) is 0 Å². The van der Waals surface area contributed by atoms with Gasteiger partial charge in [-0.1, -0.05) is 6.92 Å². The van der Waals surface area contributed by atoms with Gasteiger partial charge in [0.25, 0.3) is 0 Å². The molecule has 2 aliphatic heterocycles. The molecule has 0 aromatic rings. The van der Waals surface area contributed by atoms with Gasteiger partial charge < -0.3 is 15.0 Å². The Morgan fingerprint density at radius 3 is 2.50 bits per heavy atom. The molecule has 0 aliphatic carbocycles. The summed E-state index contributed by atoms with van der Waals surface area (Å²) in [6.07, 6.45) is 2.56. The van der Waals surface area contributed by atoms with E-state index in [2.05, 4.69) is 19.2 Å². The highest BCUT2D eigenvalue weighted by Crippen LogP contribution is 2.31. The number of hydrogen-bond acceptors (Lipinski definition) is 3. The van der Waals surface area contributed by atoms with E-state index in [9.17, 15) is 9.59 Å². The Balaban J connectivity index is 2.12. The number of carbonyl (C=O) groups excluding carboxylic acids is 2. The smallest absolute Gasteiger partial charge is 0.248 e. The lowest BCUT2D eigenvalue weighted by atomic mass is 9.92. The fourth-order valence-electron chi connectivity index (χ4n) is 2.97. The molecule has 2 fully saturated rings. The van der Waals surface area contributed by atoms with Gasteiger partial charge in [0, 0.05) is 6.54 Å². The highest BCUT2D eigenvalue weighted by molar-refractivity contribution is 5.99. The molecule has 2 saturated heterocycles. The molecule has 5 nitrogen and oxygen atoms in total. The first kappa shape index (κ1) is 15.3. The number of ether oxygens (including phenoxy) is 1. The molecule has 5 heteroatoms. The Kier molecular flexibility index (Phi) is 3.84. The van der Waals surface area contributed by atoms with Crippen LogP contribution in [0.1, 0.15) is 53.9 Å². The van der Waals surface area contributed by atoms with E-state index in [0.717, 1.165) is 12.8 Å². The van der Waals surface area contributed by atoms with Gasteiger partial charge in [0.2, 0.25) is 11.8 Å². The second-order valence-electron chi connectivity index (χ2n) is 6.85. The second-order valence-corrected chi connectivity index (χ2v) is 6.85. The third-order valence-electron chi connectivity index (χ3n) is 4.64. The van der Waals surface area contributed by atoms with Crippen LogP contribution in [0.2, 0.25) is 0 Å². The highest BCUT2D eigenvalue weighted by Gasteiger charge is 2.46. The van der Waals surface area contributed by atoms with Crippen LogP contribution in [0.5, 0.6) is 0 Å². The number of rotatable bonds is 3. The molecule has 0 aromatic heterocycles. The Hall–Kier alpha value is -1.10. The molecule has 2 aliphatic rings. The van der Waals surface area contributed by atoms with Gasteiger partial charge in [-0.05, 0) is 47.0 Å². The molecule has 0 bridgehead atoms. The minimum Gasteiger partial charge on any atom is -0.371 e. The Bertz CT molecular complexity index is 421. The quantitative estimate of drug-likeness (QED) is 0.852. The standard InChI is InChI=1S/C15H26N2O3/c1-6-15(5)13(19)17(10(2)12(18)16-15)9-11-7-8-14(3,4)20-11/h10-11H,6-9H2,1-5H3,(H,16,18). The van der Waals surface area contributed by atoms with Crippen molar-refractivity contribution < 1.29 is 14.3 Å². The Morgan fingerprint density at radius 2 is 2.00 bits per heavy atom. The molecule has 0 aromatic carbocycles. The lowest BCUT2D eigenvalue weighted by Gasteiger charge is -2.43. The third-order valence-corrected chi connectivity index (χ3v) is 4.64. The summed E-state index contributed by atoms with van der Waals surface area (Å²) in [6, 6.07) is -0.422. The van der Waals surface area contributed by atoms with E-state index in [1.54, 1.807) is 18.7 Å².